The van der Waals surface area contributed by atoms with Crippen LogP contribution in [0.5, 0.6) is 0 Å². The van der Waals surface area contributed by atoms with Crippen molar-refractivity contribution in [3.8, 4) is 0 Å². The summed E-state index contributed by atoms with van der Waals surface area (Å²) in [6.07, 6.45) is 4.13. The molecule has 0 unspecified atom stereocenters. The average Bonchev–Trinajstić information content (AvgIpc) is 3.37. The van der Waals surface area contributed by atoms with Crippen molar-refractivity contribution in [2.24, 2.45) is 0 Å². The van der Waals surface area contributed by atoms with E-state index in [1.165, 1.54) is 5.56 Å². The first-order chi connectivity index (χ1) is 13.6. The zero-order valence-electron chi connectivity index (χ0n) is 16.6. The number of amides is 2. The molecule has 2 amide bonds. The maximum Gasteiger partial charge on any atom is 0.317 e. The summed E-state index contributed by atoms with van der Waals surface area (Å²) in [4.78, 5) is 14.1. The van der Waals surface area contributed by atoms with E-state index in [2.05, 4.69) is 41.5 Å². The van der Waals surface area contributed by atoms with Crippen LogP contribution in [0, 0.1) is 0 Å². The van der Waals surface area contributed by atoms with Crippen LogP contribution in [-0.4, -0.2) is 39.3 Å². The van der Waals surface area contributed by atoms with Crippen LogP contribution in [-0.2, 0) is 6.54 Å². The number of furan rings is 1. The number of rotatable bonds is 8. The molecule has 7 nitrogen and oxygen atoms in total. The molecule has 1 N–H and O–H groups in total. The minimum Gasteiger partial charge on any atom is -0.469 e. The second-order valence-corrected chi connectivity index (χ2v) is 7.10. The lowest BCUT2D eigenvalue weighted by Crippen LogP contribution is -2.38. The monoisotopic (exact) mass is 381 g/mol. The minimum atomic E-state index is -0.135. The fraction of sp³-hybridized carbons (Fsp3) is 0.381. The van der Waals surface area contributed by atoms with E-state index in [9.17, 15) is 4.79 Å². The zero-order valence-corrected chi connectivity index (χ0v) is 16.6. The number of benzene rings is 1. The Labute approximate surface area is 165 Å². The SMILES string of the molecule is CC(C)n1cnnc1CN(C)C(=O)NCC[C@@H](c1ccccc1)c1ccco1. The first-order valence-corrected chi connectivity index (χ1v) is 9.52. The lowest BCUT2D eigenvalue weighted by Gasteiger charge is -2.20. The van der Waals surface area contributed by atoms with Crippen LogP contribution < -0.4 is 5.32 Å². The van der Waals surface area contributed by atoms with Crippen LogP contribution in [0.15, 0.2) is 59.5 Å². The van der Waals surface area contributed by atoms with Crippen LogP contribution in [0.2, 0.25) is 0 Å². The van der Waals surface area contributed by atoms with Gasteiger partial charge in [-0.15, -0.1) is 10.2 Å². The molecule has 0 saturated heterocycles. The molecule has 0 aliphatic heterocycles. The van der Waals surface area contributed by atoms with Gasteiger partial charge in [0.15, 0.2) is 5.82 Å². The molecule has 2 aromatic heterocycles. The van der Waals surface area contributed by atoms with E-state index in [0.717, 1.165) is 18.0 Å². The molecule has 0 aliphatic carbocycles. The summed E-state index contributed by atoms with van der Waals surface area (Å²) in [5, 5.41) is 11.1. The highest BCUT2D eigenvalue weighted by Crippen LogP contribution is 2.27. The largest absolute Gasteiger partial charge is 0.469 e. The molecule has 2 heterocycles. The smallest absolute Gasteiger partial charge is 0.317 e. The summed E-state index contributed by atoms with van der Waals surface area (Å²) < 4.78 is 7.58. The molecular weight excluding hydrogens is 354 g/mol. The van der Waals surface area contributed by atoms with Crippen molar-refractivity contribution in [3.63, 3.8) is 0 Å². The molecule has 1 aromatic carbocycles. The van der Waals surface area contributed by atoms with Crippen LogP contribution >= 0.6 is 0 Å². The van der Waals surface area contributed by atoms with Gasteiger partial charge < -0.3 is 19.2 Å². The summed E-state index contributed by atoms with van der Waals surface area (Å²) in [7, 11) is 1.76. The van der Waals surface area contributed by atoms with Crippen molar-refractivity contribution in [1.29, 1.82) is 0 Å². The van der Waals surface area contributed by atoms with Crippen LogP contribution in [0.1, 0.15) is 49.4 Å². The molecule has 28 heavy (non-hydrogen) atoms. The number of hydrogen-bond acceptors (Lipinski definition) is 4. The van der Waals surface area contributed by atoms with Crippen LogP contribution in [0.3, 0.4) is 0 Å². The van der Waals surface area contributed by atoms with Gasteiger partial charge >= 0.3 is 6.03 Å². The van der Waals surface area contributed by atoms with E-state index >= 15 is 0 Å². The Bertz CT molecular complexity index is 858. The molecule has 3 rings (SSSR count). The zero-order chi connectivity index (χ0) is 19.9. The number of carbonyl (C=O) groups is 1. The van der Waals surface area contributed by atoms with E-state index < -0.39 is 0 Å². The second-order valence-electron chi connectivity index (χ2n) is 7.10. The third kappa shape index (κ3) is 4.79. The first-order valence-electron chi connectivity index (χ1n) is 9.52. The van der Waals surface area contributed by atoms with Gasteiger partial charge in [-0.1, -0.05) is 30.3 Å². The Balaban J connectivity index is 1.56. The summed E-state index contributed by atoms with van der Waals surface area (Å²) in [6, 6.07) is 14.2. The van der Waals surface area contributed by atoms with Crippen molar-refractivity contribution in [1.82, 2.24) is 25.0 Å². The Hall–Kier alpha value is -3.09. The molecule has 0 fully saturated rings. The van der Waals surface area contributed by atoms with Gasteiger partial charge in [0.1, 0.15) is 12.1 Å². The van der Waals surface area contributed by atoms with Crippen molar-refractivity contribution < 1.29 is 9.21 Å². The summed E-state index contributed by atoms with van der Waals surface area (Å²) >= 11 is 0. The van der Waals surface area contributed by atoms with E-state index in [1.54, 1.807) is 24.5 Å². The van der Waals surface area contributed by atoms with Crippen molar-refractivity contribution >= 4 is 6.03 Å². The standard InChI is InChI=1S/C21H27N5O2/c1-16(2)26-15-23-24-20(26)14-25(3)21(27)22-12-11-18(19-10-7-13-28-19)17-8-5-4-6-9-17/h4-10,13,15-16,18H,11-12,14H2,1-3H3,(H,22,27)/t18-/m0/s1. The Kier molecular flexibility index (Phi) is 6.47. The highest BCUT2D eigenvalue weighted by atomic mass is 16.3. The topological polar surface area (TPSA) is 76.2 Å². The molecular formula is C21H27N5O2. The molecule has 3 aromatic rings. The predicted molar refractivity (Wildman–Crippen MR) is 107 cm³/mol. The van der Waals surface area contributed by atoms with Gasteiger partial charge in [-0.05, 0) is 38.0 Å². The number of urea groups is 1. The Morgan fingerprint density at radius 3 is 2.68 bits per heavy atom. The van der Waals surface area contributed by atoms with E-state index in [4.69, 9.17) is 4.42 Å². The van der Waals surface area contributed by atoms with E-state index in [-0.39, 0.29) is 18.0 Å². The van der Waals surface area contributed by atoms with Gasteiger partial charge in [0.2, 0.25) is 0 Å². The van der Waals surface area contributed by atoms with Gasteiger partial charge in [0.25, 0.3) is 0 Å². The number of aromatic nitrogens is 3. The molecule has 148 valence electrons. The van der Waals surface area contributed by atoms with Gasteiger partial charge in [-0.3, -0.25) is 0 Å². The maximum atomic E-state index is 12.5. The van der Waals surface area contributed by atoms with Crippen LogP contribution in [0.4, 0.5) is 4.79 Å². The first kappa shape index (κ1) is 19.7. The molecule has 7 heteroatoms. The third-order valence-electron chi connectivity index (χ3n) is 4.73. The predicted octanol–water partition coefficient (Wildman–Crippen LogP) is 3.82. The Morgan fingerprint density at radius 2 is 2.00 bits per heavy atom. The van der Waals surface area contributed by atoms with Crippen molar-refractivity contribution in [2.45, 2.75) is 38.8 Å². The molecule has 0 radical (unpaired) electrons. The molecule has 0 aliphatic rings. The van der Waals surface area contributed by atoms with E-state index in [0.29, 0.717) is 13.1 Å². The number of carbonyl (C=O) groups excluding carboxylic acids is 1. The highest BCUT2D eigenvalue weighted by molar-refractivity contribution is 5.73. The third-order valence-corrected chi connectivity index (χ3v) is 4.73. The second kappa shape index (κ2) is 9.21. The van der Waals surface area contributed by atoms with Crippen molar-refractivity contribution in [2.75, 3.05) is 13.6 Å². The summed E-state index contributed by atoms with van der Waals surface area (Å²) in [5.41, 5.74) is 1.17. The summed E-state index contributed by atoms with van der Waals surface area (Å²) in [6.45, 7) is 5.07. The molecule has 0 spiro atoms. The van der Waals surface area contributed by atoms with Gasteiger partial charge in [-0.2, -0.15) is 0 Å². The van der Waals surface area contributed by atoms with Gasteiger partial charge in [0, 0.05) is 25.6 Å². The highest BCUT2D eigenvalue weighted by Gasteiger charge is 2.18. The minimum absolute atomic E-state index is 0.103. The maximum absolute atomic E-state index is 12.5. The molecule has 1 atom stereocenters. The van der Waals surface area contributed by atoms with Gasteiger partial charge in [-0.25, -0.2) is 4.79 Å². The number of nitrogens with zero attached hydrogens (tertiary/aromatic N) is 4. The Morgan fingerprint density at radius 1 is 1.21 bits per heavy atom. The lowest BCUT2D eigenvalue weighted by atomic mass is 9.93. The average molecular weight is 381 g/mol. The van der Waals surface area contributed by atoms with E-state index in [1.807, 2.05) is 34.9 Å². The lowest BCUT2D eigenvalue weighted by molar-refractivity contribution is 0.204. The number of hydrogen-bond donors (Lipinski definition) is 1. The fourth-order valence-corrected chi connectivity index (χ4v) is 3.20. The molecule has 0 bridgehead atoms. The quantitative estimate of drug-likeness (QED) is 0.644. The fourth-order valence-electron chi connectivity index (χ4n) is 3.20. The normalized spacial score (nSPS) is 12.1. The van der Waals surface area contributed by atoms with Crippen molar-refractivity contribution in [3.05, 3.63) is 72.2 Å². The molecule has 0 saturated carbocycles. The van der Waals surface area contributed by atoms with Gasteiger partial charge in [0.05, 0.1) is 12.8 Å². The number of nitrogens with one attached hydrogen (secondary N) is 1. The summed E-state index contributed by atoms with van der Waals surface area (Å²) in [5.74, 6) is 1.77. The van der Waals surface area contributed by atoms with Crippen LogP contribution in [0.25, 0.3) is 0 Å².